The van der Waals surface area contributed by atoms with Crippen LogP contribution in [0.2, 0.25) is 0 Å². The normalized spacial score (nSPS) is 18.1. The highest BCUT2D eigenvalue weighted by molar-refractivity contribution is 7.99. The molecule has 1 atom stereocenters. The number of hydrogen-bond donors (Lipinski definition) is 0. The molecule has 3 nitrogen and oxygen atoms in total. The molecule has 0 spiro atoms. The number of benzene rings is 1. The van der Waals surface area contributed by atoms with Crippen LogP contribution >= 0.6 is 34.4 Å². The molecule has 1 aromatic carbocycles. The molecule has 4 rings (SSSR count). The van der Waals surface area contributed by atoms with Crippen molar-refractivity contribution in [1.29, 1.82) is 0 Å². The Balaban J connectivity index is 1.45. The molecule has 25 heavy (non-hydrogen) atoms. The third-order valence-corrected chi connectivity index (χ3v) is 7.57. The van der Waals surface area contributed by atoms with Gasteiger partial charge in [-0.2, -0.15) is 11.8 Å². The molecule has 1 fully saturated rings. The standard InChI is InChI=1S/C19H18N2OS3/c22-19(15-13-25-18(20-15)14-5-2-1-3-6-14)21-9-8-17(24-12-10-21)16-7-4-11-23-16/h1-7,11,13,17H,8-10,12H2. The quantitative estimate of drug-likeness (QED) is 0.621. The van der Waals surface area contributed by atoms with Gasteiger partial charge in [0.2, 0.25) is 0 Å². The minimum absolute atomic E-state index is 0.0610. The van der Waals surface area contributed by atoms with Crippen LogP contribution in [-0.4, -0.2) is 34.6 Å². The molecule has 0 saturated carbocycles. The summed E-state index contributed by atoms with van der Waals surface area (Å²) in [5.74, 6) is 1.04. The van der Waals surface area contributed by atoms with E-state index in [1.807, 2.05) is 63.7 Å². The molecule has 6 heteroatoms. The van der Waals surface area contributed by atoms with E-state index in [4.69, 9.17) is 0 Å². The molecule has 128 valence electrons. The summed E-state index contributed by atoms with van der Waals surface area (Å²) in [5.41, 5.74) is 1.64. The van der Waals surface area contributed by atoms with Gasteiger partial charge in [-0.15, -0.1) is 22.7 Å². The van der Waals surface area contributed by atoms with E-state index in [0.29, 0.717) is 10.9 Å². The van der Waals surface area contributed by atoms with E-state index in [1.54, 1.807) is 0 Å². The highest BCUT2D eigenvalue weighted by atomic mass is 32.2. The molecule has 0 aliphatic carbocycles. The SMILES string of the molecule is O=C(c1csc(-c2ccccc2)n1)N1CCSC(c2cccs2)CC1. The Morgan fingerprint density at radius 2 is 1.96 bits per heavy atom. The van der Waals surface area contributed by atoms with Gasteiger partial charge in [0.15, 0.2) is 0 Å². The summed E-state index contributed by atoms with van der Waals surface area (Å²) >= 11 is 5.31. The molecular weight excluding hydrogens is 368 g/mol. The van der Waals surface area contributed by atoms with Crippen molar-refractivity contribution in [2.24, 2.45) is 0 Å². The molecular formula is C19H18N2OS3. The maximum Gasteiger partial charge on any atom is 0.273 e. The van der Waals surface area contributed by atoms with Gasteiger partial charge in [-0.3, -0.25) is 4.79 Å². The van der Waals surface area contributed by atoms with Gasteiger partial charge >= 0.3 is 0 Å². The first kappa shape index (κ1) is 16.8. The molecule has 0 N–H and O–H groups in total. The molecule has 1 amide bonds. The summed E-state index contributed by atoms with van der Waals surface area (Å²) in [4.78, 5) is 20.8. The fraction of sp³-hybridized carbons (Fsp3) is 0.263. The van der Waals surface area contributed by atoms with Gasteiger partial charge in [0.25, 0.3) is 5.91 Å². The number of rotatable bonds is 3. The van der Waals surface area contributed by atoms with E-state index >= 15 is 0 Å². The Hall–Kier alpha value is -1.63. The second-order valence-corrected chi connectivity index (χ2v) is 9.01. The Bertz CT molecular complexity index is 829. The van der Waals surface area contributed by atoms with E-state index in [-0.39, 0.29) is 5.91 Å². The largest absolute Gasteiger partial charge is 0.336 e. The summed E-state index contributed by atoms with van der Waals surface area (Å²) in [5, 5.41) is 5.43. The fourth-order valence-electron chi connectivity index (χ4n) is 2.92. The number of aromatic nitrogens is 1. The van der Waals surface area contributed by atoms with Crippen LogP contribution in [0.4, 0.5) is 0 Å². The number of amides is 1. The lowest BCUT2D eigenvalue weighted by molar-refractivity contribution is 0.0761. The third-order valence-electron chi connectivity index (χ3n) is 4.23. The van der Waals surface area contributed by atoms with Gasteiger partial charge in [0, 0.05) is 39.9 Å². The average Bonchev–Trinajstić information content (AvgIpc) is 3.30. The van der Waals surface area contributed by atoms with Crippen LogP contribution in [0.15, 0.2) is 53.2 Å². The number of hydrogen-bond acceptors (Lipinski definition) is 5. The lowest BCUT2D eigenvalue weighted by atomic mass is 10.2. The number of carbonyl (C=O) groups excluding carboxylic acids is 1. The van der Waals surface area contributed by atoms with Crippen LogP contribution in [0.1, 0.15) is 27.0 Å². The molecule has 0 radical (unpaired) electrons. The molecule has 1 saturated heterocycles. The number of carbonyl (C=O) groups is 1. The average molecular weight is 387 g/mol. The maximum atomic E-state index is 12.9. The molecule has 1 unspecified atom stereocenters. The minimum atomic E-state index is 0.0610. The van der Waals surface area contributed by atoms with Crippen LogP contribution in [0.3, 0.4) is 0 Å². The molecule has 1 aliphatic rings. The van der Waals surface area contributed by atoms with Crippen molar-refractivity contribution in [2.45, 2.75) is 11.7 Å². The number of thiazole rings is 1. The van der Waals surface area contributed by atoms with Crippen molar-refractivity contribution in [3.8, 4) is 10.6 Å². The van der Waals surface area contributed by atoms with Crippen LogP contribution in [0.5, 0.6) is 0 Å². The number of nitrogens with zero attached hydrogens (tertiary/aromatic N) is 2. The first-order valence-electron chi connectivity index (χ1n) is 8.26. The zero-order chi connectivity index (χ0) is 17.1. The molecule has 3 aromatic rings. The van der Waals surface area contributed by atoms with Gasteiger partial charge in [-0.25, -0.2) is 4.98 Å². The second-order valence-electron chi connectivity index (χ2n) is 5.86. The molecule has 3 heterocycles. The summed E-state index contributed by atoms with van der Waals surface area (Å²) in [7, 11) is 0. The number of thiophene rings is 1. The topological polar surface area (TPSA) is 33.2 Å². The maximum absolute atomic E-state index is 12.9. The Morgan fingerprint density at radius 3 is 2.76 bits per heavy atom. The van der Waals surface area contributed by atoms with Crippen LogP contribution in [0.25, 0.3) is 10.6 Å². The van der Waals surface area contributed by atoms with E-state index in [2.05, 4.69) is 22.5 Å². The zero-order valence-electron chi connectivity index (χ0n) is 13.6. The van der Waals surface area contributed by atoms with E-state index < -0.39 is 0 Å². The summed E-state index contributed by atoms with van der Waals surface area (Å²) in [6.45, 7) is 1.59. The van der Waals surface area contributed by atoms with Crippen molar-refractivity contribution in [3.05, 3.63) is 63.8 Å². The summed E-state index contributed by atoms with van der Waals surface area (Å²) in [6, 6.07) is 14.3. The van der Waals surface area contributed by atoms with Crippen molar-refractivity contribution in [3.63, 3.8) is 0 Å². The molecule has 2 aromatic heterocycles. The monoisotopic (exact) mass is 386 g/mol. The van der Waals surface area contributed by atoms with E-state index in [0.717, 1.165) is 35.8 Å². The summed E-state index contributed by atoms with van der Waals surface area (Å²) in [6.07, 6.45) is 1.01. The van der Waals surface area contributed by atoms with Crippen molar-refractivity contribution in [2.75, 3.05) is 18.8 Å². The predicted octanol–water partition coefficient (Wildman–Crippen LogP) is 5.19. The van der Waals surface area contributed by atoms with Gasteiger partial charge in [0.1, 0.15) is 10.7 Å². The van der Waals surface area contributed by atoms with Crippen molar-refractivity contribution < 1.29 is 4.79 Å². The Labute approximate surface area is 159 Å². The molecule has 0 bridgehead atoms. The van der Waals surface area contributed by atoms with Gasteiger partial charge in [-0.05, 0) is 17.9 Å². The predicted molar refractivity (Wildman–Crippen MR) is 108 cm³/mol. The van der Waals surface area contributed by atoms with Gasteiger partial charge in [-0.1, -0.05) is 36.4 Å². The van der Waals surface area contributed by atoms with Crippen LogP contribution in [-0.2, 0) is 0 Å². The van der Waals surface area contributed by atoms with Gasteiger partial charge in [0.05, 0.1) is 0 Å². The first-order valence-corrected chi connectivity index (χ1v) is 11.1. The fourth-order valence-corrected chi connectivity index (χ4v) is 5.96. The Kier molecular flexibility index (Phi) is 5.20. The lowest BCUT2D eigenvalue weighted by Gasteiger charge is -2.19. The summed E-state index contributed by atoms with van der Waals surface area (Å²) < 4.78 is 0. The molecule has 1 aliphatic heterocycles. The minimum Gasteiger partial charge on any atom is -0.336 e. The van der Waals surface area contributed by atoms with Crippen LogP contribution in [0, 0.1) is 0 Å². The van der Waals surface area contributed by atoms with Crippen molar-refractivity contribution in [1.82, 2.24) is 9.88 Å². The second kappa shape index (κ2) is 7.72. The highest BCUT2D eigenvalue weighted by Gasteiger charge is 2.24. The van der Waals surface area contributed by atoms with Crippen LogP contribution < -0.4 is 0 Å². The van der Waals surface area contributed by atoms with Gasteiger partial charge < -0.3 is 4.90 Å². The zero-order valence-corrected chi connectivity index (χ0v) is 16.1. The third kappa shape index (κ3) is 3.81. The smallest absolute Gasteiger partial charge is 0.273 e. The highest BCUT2D eigenvalue weighted by Crippen LogP contribution is 2.37. The number of thioether (sulfide) groups is 1. The van der Waals surface area contributed by atoms with Crippen molar-refractivity contribution >= 4 is 40.3 Å². The van der Waals surface area contributed by atoms with E-state index in [1.165, 1.54) is 16.2 Å². The first-order chi connectivity index (χ1) is 12.3. The lowest BCUT2D eigenvalue weighted by Crippen LogP contribution is -2.33. The van der Waals surface area contributed by atoms with E-state index in [9.17, 15) is 4.79 Å². The Morgan fingerprint density at radius 1 is 1.08 bits per heavy atom.